The summed E-state index contributed by atoms with van der Waals surface area (Å²) in [5.41, 5.74) is 0.545. The summed E-state index contributed by atoms with van der Waals surface area (Å²) in [6.45, 7) is 1.83. The molecule has 0 spiro atoms. The van der Waals surface area contributed by atoms with Crippen LogP contribution in [0.15, 0.2) is 53.4 Å². The molecule has 0 saturated heterocycles. The molecule has 2 aromatic carbocycles. The third-order valence-electron chi connectivity index (χ3n) is 5.12. The van der Waals surface area contributed by atoms with Crippen molar-refractivity contribution < 1.29 is 18.0 Å². The monoisotopic (exact) mass is 499 g/mol. The maximum Gasteiger partial charge on any atom is 0.242 e. The fourth-order valence-electron chi connectivity index (χ4n) is 3.13. The highest BCUT2D eigenvalue weighted by Crippen LogP contribution is 2.27. The average Bonchev–Trinajstić information content (AvgIpc) is 2.78. The number of nitrogens with one attached hydrogen (secondary N) is 1. The van der Waals surface area contributed by atoms with Gasteiger partial charge in [0.15, 0.2) is 0 Å². The Morgan fingerprint density at radius 3 is 2.19 bits per heavy atom. The molecule has 0 bridgehead atoms. The average molecular weight is 500 g/mol. The number of carbonyl (C=O) groups is 2. The number of nitrogens with zero attached hydrogens (tertiary/aromatic N) is 2. The second kappa shape index (κ2) is 11.7. The van der Waals surface area contributed by atoms with Crippen LogP contribution < -0.4 is 5.32 Å². The standard InChI is InChI=1S/C22H27Cl2N3O4S/c1-16(22(29)25-2)27(15-18-19(23)11-7-12-20(18)24)21(28)13-8-14-26(3)32(30,31)17-9-5-4-6-10-17/h4-7,9-12,16H,8,13-15H2,1-3H3,(H,25,29)/t16-/m0/s1. The van der Waals surface area contributed by atoms with Gasteiger partial charge in [0.2, 0.25) is 21.8 Å². The molecule has 2 aromatic rings. The van der Waals surface area contributed by atoms with Gasteiger partial charge in [0.05, 0.1) is 4.90 Å². The molecule has 0 aliphatic rings. The van der Waals surface area contributed by atoms with Crippen molar-refractivity contribution in [3.05, 3.63) is 64.1 Å². The first-order valence-corrected chi connectivity index (χ1v) is 12.2. The Labute approximate surface area is 199 Å². The summed E-state index contributed by atoms with van der Waals surface area (Å²) < 4.78 is 26.5. The van der Waals surface area contributed by atoms with Gasteiger partial charge in [-0.3, -0.25) is 9.59 Å². The molecule has 2 amide bonds. The second-order valence-corrected chi connectivity index (χ2v) is 10.1. The van der Waals surface area contributed by atoms with Crippen LogP contribution in [-0.4, -0.2) is 56.1 Å². The highest BCUT2D eigenvalue weighted by molar-refractivity contribution is 7.89. The summed E-state index contributed by atoms with van der Waals surface area (Å²) in [5, 5.41) is 3.33. The number of sulfonamides is 1. The first kappa shape index (κ1) is 26.1. The van der Waals surface area contributed by atoms with E-state index < -0.39 is 16.1 Å². The van der Waals surface area contributed by atoms with Gasteiger partial charge in [0.25, 0.3) is 0 Å². The fourth-order valence-corrected chi connectivity index (χ4v) is 4.88. The number of benzene rings is 2. The lowest BCUT2D eigenvalue weighted by atomic mass is 10.1. The molecule has 1 N–H and O–H groups in total. The van der Waals surface area contributed by atoms with Gasteiger partial charge in [0.1, 0.15) is 6.04 Å². The lowest BCUT2D eigenvalue weighted by Gasteiger charge is -2.29. The van der Waals surface area contributed by atoms with Gasteiger partial charge < -0.3 is 10.2 Å². The van der Waals surface area contributed by atoms with Gasteiger partial charge in [0, 0.05) is 49.2 Å². The van der Waals surface area contributed by atoms with Crippen LogP contribution in [0.2, 0.25) is 10.0 Å². The van der Waals surface area contributed by atoms with Crippen molar-refractivity contribution >= 4 is 45.0 Å². The second-order valence-electron chi connectivity index (χ2n) is 7.26. The molecule has 2 rings (SSSR count). The first-order chi connectivity index (χ1) is 15.1. The van der Waals surface area contributed by atoms with E-state index in [1.807, 2.05) is 0 Å². The zero-order valence-corrected chi connectivity index (χ0v) is 20.5. The molecule has 7 nitrogen and oxygen atoms in total. The minimum absolute atomic E-state index is 0.0536. The SMILES string of the molecule is CNC(=O)[C@H](C)N(Cc1c(Cl)cccc1Cl)C(=O)CCCN(C)S(=O)(=O)c1ccccc1. The molecule has 32 heavy (non-hydrogen) atoms. The van der Waals surface area contributed by atoms with Gasteiger partial charge in [-0.2, -0.15) is 0 Å². The molecular formula is C22H27Cl2N3O4S. The lowest BCUT2D eigenvalue weighted by Crippen LogP contribution is -2.46. The van der Waals surface area contributed by atoms with Crippen LogP contribution in [0.3, 0.4) is 0 Å². The van der Waals surface area contributed by atoms with Gasteiger partial charge >= 0.3 is 0 Å². The highest BCUT2D eigenvalue weighted by Gasteiger charge is 2.27. The van der Waals surface area contributed by atoms with Crippen molar-refractivity contribution in [1.82, 2.24) is 14.5 Å². The van der Waals surface area contributed by atoms with E-state index in [9.17, 15) is 18.0 Å². The number of rotatable bonds is 10. The smallest absolute Gasteiger partial charge is 0.242 e. The van der Waals surface area contributed by atoms with E-state index in [0.717, 1.165) is 0 Å². The summed E-state index contributed by atoms with van der Waals surface area (Å²) >= 11 is 12.5. The quantitative estimate of drug-likeness (QED) is 0.541. The number of amides is 2. The van der Waals surface area contributed by atoms with E-state index in [0.29, 0.717) is 15.6 Å². The largest absolute Gasteiger partial charge is 0.357 e. The third-order valence-corrected chi connectivity index (χ3v) is 7.70. The van der Waals surface area contributed by atoms with E-state index in [1.165, 1.54) is 35.4 Å². The molecule has 0 saturated carbocycles. The molecule has 0 aliphatic heterocycles. The van der Waals surface area contributed by atoms with E-state index in [2.05, 4.69) is 5.32 Å². The zero-order valence-electron chi connectivity index (χ0n) is 18.2. The van der Waals surface area contributed by atoms with E-state index in [-0.39, 0.29) is 42.6 Å². The topological polar surface area (TPSA) is 86.8 Å². The van der Waals surface area contributed by atoms with Crippen LogP contribution in [0.5, 0.6) is 0 Å². The molecule has 0 radical (unpaired) electrons. The van der Waals surface area contributed by atoms with Gasteiger partial charge in [-0.25, -0.2) is 12.7 Å². The minimum atomic E-state index is -3.64. The Kier molecular flexibility index (Phi) is 9.51. The van der Waals surface area contributed by atoms with E-state index >= 15 is 0 Å². The van der Waals surface area contributed by atoms with Crippen LogP contribution in [0.1, 0.15) is 25.3 Å². The number of likely N-dealkylation sites (N-methyl/N-ethyl adjacent to an activating group) is 1. The summed E-state index contributed by atoms with van der Waals surface area (Å²) in [5.74, 6) is -0.632. The van der Waals surface area contributed by atoms with Gasteiger partial charge in [-0.15, -0.1) is 0 Å². The number of carbonyl (C=O) groups excluding carboxylic acids is 2. The zero-order chi connectivity index (χ0) is 23.9. The van der Waals surface area contributed by atoms with Crippen molar-refractivity contribution in [3.8, 4) is 0 Å². The van der Waals surface area contributed by atoms with Gasteiger partial charge in [-0.1, -0.05) is 47.5 Å². The van der Waals surface area contributed by atoms with Crippen molar-refractivity contribution in [1.29, 1.82) is 0 Å². The Morgan fingerprint density at radius 2 is 1.62 bits per heavy atom. The third kappa shape index (κ3) is 6.45. The number of halogens is 2. The molecule has 0 fully saturated rings. The molecule has 1 atom stereocenters. The molecule has 0 unspecified atom stereocenters. The summed E-state index contributed by atoms with van der Waals surface area (Å²) in [4.78, 5) is 26.8. The molecule has 174 valence electrons. The molecule has 0 aromatic heterocycles. The first-order valence-electron chi connectivity index (χ1n) is 10.0. The minimum Gasteiger partial charge on any atom is -0.357 e. The van der Waals surface area contributed by atoms with Crippen LogP contribution in [0.4, 0.5) is 0 Å². The molecule has 0 heterocycles. The predicted molar refractivity (Wildman–Crippen MR) is 126 cm³/mol. The van der Waals surface area contributed by atoms with Crippen LogP contribution in [0, 0.1) is 0 Å². The van der Waals surface area contributed by atoms with Crippen molar-refractivity contribution in [2.45, 2.75) is 37.2 Å². The Hall–Kier alpha value is -2.13. The maximum absolute atomic E-state index is 13.0. The van der Waals surface area contributed by atoms with Crippen LogP contribution >= 0.6 is 23.2 Å². The molecule has 0 aliphatic carbocycles. The van der Waals surface area contributed by atoms with Crippen LogP contribution in [0.25, 0.3) is 0 Å². The summed E-state index contributed by atoms with van der Waals surface area (Å²) in [6.07, 6.45) is 0.340. The van der Waals surface area contributed by atoms with E-state index in [1.54, 1.807) is 43.3 Å². The fraction of sp³-hybridized carbons (Fsp3) is 0.364. The normalized spacial score (nSPS) is 12.4. The summed E-state index contributed by atoms with van der Waals surface area (Å²) in [7, 11) is -0.674. The number of hydrogen-bond acceptors (Lipinski definition) is 4. The molecular weight excluding hydrogens is 473 g/mol. The Morgan fingerprint density at radius 1 is 1.03 bits per heavy atom. The highest BCUT2D eigenvalue weighted by atomic mass is 35.5. The maximum atomic E-state index is 13.0. The summed E-state index contributed by atoms with van der Waals surface area (Å²) in [6, 6.07) is 12.4. The Balaban J connectivity index is 2.10. The number of hydrogen-bond donors (Lipinski definition) is 1. The van der Waals surface area contributed by atoms with Crippen LogP contribution in [-0.2, 0) is 26.2 Å². The van der Waals surface area contributed by atoms with Gasteiger partial charge in [-0.05, 0) is 37.6 Å². The molecule has 10 heteroatoms. The predicted octanol–water partition coefficient (Wildman–Crippen LogP) is 3.56. The van der Waals surface area contributed by atoms with Crippen molar-refractivity contribution in [3.63, 3.8) is 0 Å². The Bertz CT molecular complexity index is 1030. The van der Waals surface area contributed by atoms with E-state index in [4.69, 9.17) is 23.2 Å². The lowest BCUT2D eigenvalue weighted by molar-refractivity contribution is -0.140. The van der Waals surface area contributed by atoms with Crippen molar-refractivity contribution in [2.75, 3.05) is 20.6 Å². The van der Waals surface area contributed by atoms with Crippen molar-refractivity contribution in [2.24, 2.45) is 0 Å².